The highest BCUT2D eigenvalue weighted by Gasteiger charge is 1.88. The van der Waals surface area contributed by atoms with Crippen LogP contribution < -0.4 is 11.2 Å². The molecule has 0 aliphatic rings. The summed E-state index contributed by atoms with van der Waals surface area (Å²) in [5.41, 5.74) is 8.74. The van der Waals surface area contributed by atoms with Crippen molar-refractivity contribution in [2.75, 3.05) is 0 Å². The van der Waals surface area contributed by atoms with Gasteiger partial charge in [-0.3, -0.25) is 0 Å². The number of hydrogen-bond acceptors (Lipinski definition) is 3. The average molecular weight is 249 g/mol. The summed E-state index contributed by atoms with van der Waals surface area (Å²) in [6.45, 7) is 0. The summed E-state index contributed by atoms with van der Waals surface area (Å²) in [7, 11) is 0. The Labute approximate surface area is 103 Å². The fraction of sp³-hybridized carbons (Fsp3) is 0. The molecule has 0 saturated heterocycles. The van der Waals surface area contributed by atoms with Crippen LogP contribution in [0.3, 0.4) is 0 Å². The van der Waals surface area contributed by atoms with Crippen LogP contribution >= 0.6 is 11.6 Å². The largest absolute Gasteiger partial charge is 0.368 e. The van der Waals surface area contributed by atoms with E-state index in [-0.39, 0.29) is 5.96 Å². The Bertz CT molecular complexity index is 483. The molecule has 6 nitrogen and oxygen atoms in total. The Morgan fingerprint density at radius 3 is 2.76 bits per heavy atom. The van der Waals surface area contributed by atoms with E-state index in [1.807, 2.05) is 0 Å². The first-order chi connectivity index (χ1) is 8.22. The van der Waals surface area contributed by atoms with E-state index in [0.29, 0.717) is 5.02 Å². The molecule has 17 heavy (non-hydrogen) atoms. The molecule has 0 heterocycles. The first-order valence-corrected chi connectivity index (χ1v) is 4.88. The number of nitrogens with two attached hydrogens (primary N) is 1. The number of rotatable bonds is 3. The normalized spacial score (nSPS) is 11.9. The van der Waals surface area contributed by atoms with Crippen LogP contribution in [0.25, 0.3) is 0 Å². The predicted octanol–water partition coefficient (Wildman–Crippen LogP) is 1.09. The molecule has 0 atom stereocenters. The van der Waals surface area contributed by atoms with E-state index in [1.165, 1.54) is 6.19 Å². The molecule has 0 unspecified atom stereocenters. The number of nitrogens with one attached hydrogen (secondary N) is 1. The van der Waals surface area contributed by atoms with E-state index in [9.17, 15) is 0 Å². The summed E-state index contributed by atoms with van der Waals surface area (Å²) in [5, 5.41) is 12.6. The van der Waals surface area contributed by atoms with Gasteiger partial charge in [0.05, 0.1) is 6.21 Å². The van der Waals surface area contributed by atoms with Crippen LogP contribution in [0.5, 0.6) is 0 Å². The summed E-state index contributed by atoms with van der Waals surface area (Å²) < 4.78 is 0. The molecule has 0 radical (unpaired) electrons. The van der Waals surface area contributed by atoms with Crippen molar-refractivity contribution in [1.82, 2.24) is 5.43 Å². The Kier molecular flexibility index (Phi) is 5.20. The zero-order chi connectivity index (χ0) is 12.5. The summed E-state index contributed by atoms with van der Waals surface area (Å²) >= 11 is 5.73. The van der Waals surface area contributed by atoms with E-state index in [1.54, 1.807) is 30.5 Å². The van der Waals surface area contributed by atoms with Gasteiger partial charge in [-0.1, -0.05) is 23.7 Å². The molecule has 3 N–H and O–H groups in total. The highest BCUT2D eigenvalue weighted by Crippen LogP contribution is 2.07. The molecule has 0 saturated carbocycles. The lowest BCUT2D eigenvalue weighted by Gasteiger charge is -1.96. The number of benzene rings is 1. The molecule has 0 aliphatic carbocycles. The zero-order valence-electron chi connectivity index (χ0n) is 8.71. The van der Waals surface area contributed by atoms with Gasteiger partial charge in [0.2, 0.25) is 12.2 Å². The number of nitrogens with zero attached hydrogens (tertiary/aromatic N) is 4. The van der Waals surface area contributed by atoms with E-state index in [0.717, 1.165) is 11.9 Å². The third-order valence-electron chi connectivity index (χ3n) is 1.58. The van der Waals surface area contributed by atoms with Crippen molar-refractivity contribution in [2.45, 2.75) is 0 Å². The van der Waals surface area contributed by atoms with Crippen molar-refractivity contribution in [1.29, 1.82) is 5.26 Å². The van der Waals surface area contributed by atoms with Gasteiger partial charge in [0, 0.05) is 5.02 Å². The number of hydrogen-bond donors (Lipinski definition) is 2. The fourth-order valence-electron chi connectivity index (χ4n) is 0.868. The van der Waals surface area contributed by atoms with Crippen molar-refractivity contribution < 1.29 is 0 Å². The maximum absolute atomic E-state index is 8.11. The SMILES string of the molecule is N#CN=CN=C(N)N/N=C/c1ccc(Cl)cc1. The third-order valence-corrected chi connectivity index (χ3v) is 1.83. The van der Waals surface area contributed by atoms with Crippen molar-refractivity contribution in [2.24, 2.45) is 20.8 Å². The van der Waals surface area contributed by atoms with Gasteiger partial charge in [0.15, 0.2) is 0 Å². The summed E-state index contributed by atoms with van der Waals surface area (Å²) in [6.07, 6.45) is 4.12. The van der Waals surface area contributed by atoms with Gasteiger partial charge in [-0.05, 0) is 17.7 Å². The summed E-state index contributed by atoms with van der Waals surface area (Å²) in [6, 6.07) is 7.11. The fourth-order valence-corrected chi connectivity index (χ4v) is 0.994. The lowest BCUT2D eigenvalue weighted by molar-refractivity contribution is 1.02. The number of hydrazone groups is 1. The van der Waals surface area contributed by atoms with Gasteiger partial charge >= 0.3 is 0 Å². The molecule has 0 aromatic heterocycles. The standard InChI is InChI=1S/C10H9ClN6/c11-9-3-1-8(2-4-9)5-16-17-10(13)15-7-14-6-12/h1-5,7H,(H3,13,14,15,17)/b16-5+. The molecule has 0 spiro atoms. The maximum Gasteiger partial charge on any atom is 0.215 e. The number of guanidine groups is 1. The van der Waals surface area contributed by atoms with Gasteiger partial charge in [-0.25, -0.2) is 10.4 Å². The minimum Gasteiger partial charge on any atom is -0.368 e. The molecular formula is C10H9ClN6. The highest BCUT2D eigenvalue weighted by molar-refractivity contribution is 6.30. The van der Waals surface area contributed by atoms with Gasteiger partial charge in [-0.2, -0.15) is 15.4 Å². The number of aliphatic imine (C=N–C) groups is 2. The molecule has 86 valence electrons. The van der Waals surface area contributed by atoms with E-state index >= 15 is 0 Å². The molecule has 0 amide bonds. The van der Waals surface area contributed by atoms with Crippen LogP contribution in [0.1, 0.15) is 5.56 Å². The van der Waals surface area contributed by atoms with Crippen molar-refractivity contribution in [3.8, 4) is 6.19 Å². The molecule has 7 heteroatoms. The van der Waals surface area contributed by atoms with Crippen molar-refractivity contribution in [3.05, 3.63) is 34.9 Å². The molecule has 0 fully saturated rings. The lowest BCUT2D eigenvalue weighted by Crippen LogP contribution is -2.27. The molecule has 1 aromatic carbocycles. The van der Waals surface area contributed by atoms with Crippen LogP contribution in [-0.2, 0) is 0 Å². The second-order valence-electron chi connectivity index (χ2n) is 2.78. The Morgan fingerprint density at radius 2 is 2.12 bits per heavy atom. The van der Waals surface area contributed by atoms with Crippen LogP contribution in [0.15, 0.2) is 39.4 Å². The first kappa shape index (κ1) is 12.7. The lowest BCUT2D eigenvalue weighted by atomic mass is 10.2. The summed E-state index contributed by atoms with van der Waals surface area (Å²) in [5.74, 6) is 0.0363. The zero-order valence-corrected chi connectivity index (χ0v) is 9.46. The first-order valence-electron chi connectivity index (χ1n) is 4.51. The van der Waals surface area contributed by atoms with Crippen LogP contribution in [0.2, 0.25) is 5.02 Å². The Balaban J connectivity index is 2.50. The summed E-state index contributed by atoms with van der Waals surface area (Å²) in [4.78, 5) is 6.79. The molecular weight excluding hydrogens is 240 g/mol. The minimum absolute atomic E-state index is 0.0363. The molecule has 0 aliphatic heterocycles. The van der Waals surface area contributed by atoms with Crippen molar-refractivity contribution >= 4 is 30.1 Å². The predicted molar refractivity (Wildman–Crippen MR) is 67.9 cm³/mol. The van der Waals surface area contributed by atoms with Crippen molar-refractivity contribution in [3.63, 3.8) is 0 Å². The topological polar surface area (TPSA) is 98.9 Å². The quantitative estimate of drug-likeness (QED) is 0.362. The smallest absolute Gasteiger partial charge is 0.215 e. The third kappa shape index (κ3) is 5.30. The Morgan fingerprint density at radius 1 is 1.41 bits per heavy atom. The molecule has 1 rings (SSSR count). The minimum atomic E-state index is 0.0363. The second-order valence-corrected chi connectivity index (χ2v) is 3.22. The van der Waals surface area contributed by atoms with Gasteiger partial charge < -0.3 is 5.73 Å². The average Bonchev–Trinajstić information content (AvgIpc) is 2.32. The van der Waals surface area contributed by atoms with Gasteiger partial charge in [0.25, 0.3) is 0 Å². The molecule has 1 aromatic rings. The van der Waals surface area contributed by atoms with Crippen LogP contribution in [0, 0.1) is 11.5 Å². The number of nitriles is 1. The van der Waals surface area contributed by atoms with E-state index < -0.39 is 0 Å². The molecule has 0 bridgehead atoms. The van der Waals surface area contributed by atoms with E-state index in [4.69, 9.17) is 22.6 Å². The second kappa shape index (κ2) is 6.98. The highest BCUT2D eigenvalue weighted by atomic mass is 35.5. The Hall–Kier alpha value is -2.39. The van der Waals surface area contributed by atoms with Crippen LogP contribution in [0.4, 0.5) is 0 Å². The monoisotopic (exact) mass is 248 g/mol. The van der Waals surface area contributed by atoms with Gasteiger partial charge in [-0.15, -0.1) is 0 Å². The number of halogens is 1. The van der Waals surface area contributed by atoms with Crippen LogP contribution in [-0.4, -0.2) is 18.5 Å². The van der Waals surface area contributed by atoms with Gasteiger partial charge in [0.1, 0.15) is 6.34 Å². The van der Waals surface area contributed by atoms with E-state index in [2.05, 4.69) is 20.5 Å². The maximum atomic E-state index is 8.11.